The molecule has 0 aliphatic heterocycles. The van der Waals surface area contributed by atoms with Crippen LogP contribution < -0.4 is 9.80 Å². The van der Waals surface area contributed by atoms with E-state index in [1.807, 2.05) is 35.7 Å². The Bertz CT molecular complexity index is 5770. The van der Waals surface area contributed by atoms with Crippen LogP contribution in [0.2, 0.25) is 0 Å². The second kappa shape index (κ2) is 27.5. The highest BCUT2D eigenvalue weighted by atomic mass is 32.2. The van der Waals surface area contributed by atoms with Crippen LogP contribution in [-0.4, -0.2) is 0 Å². The highest BCUT2D eigenvalue weighted by Gasteiger charge is 2.54. The topological polar surface area (TPSA) is 6.48 Å². The second-order valence-corrected chi connectivity index (χ2v) is 29.6. The molecule has 2 nitrogen and oxygen atoms in total. The Balaban J connectivity index is 0.696. The van der Waals surface area contributed by atoms with Gasteiger partial charge in [-0.15, -0.1) is 23.5 Å². The van der Waals surface area contributed by atoms with Crippen LogP contribution in [0.5, 0.6) is 0 Å². The average Bonchev–Trinajstić information content (AvgIpc) is 1.53. The van der Waals surface area contributed by atoms with Gasteiger partial charge < -0.3 is 9.80 Å². The first-order valence-corrected chi connectivity index (χ1v) is 37.9. The normalized spacial score (nSPS) is 16.8. The van der Waals surface area contributed by atoms with E-state index in [9.17, 15) is 0 Å². The van der Waals surface area contributed by atoms with E-state index in [1.165, 1.54) is 98.1 Å². The van der Waals surface area contributed by atoms with E-state index in [0.717, 1.165) is 67.9 Å². The molecule has 3 aliphatic rings. The molecule has 0 saturated carbocycles. The fourth-order valence-electron chi connectivity index (χ4n) is 16.8. The maximum absolute atomic E-state index is 3.96. The minimum absolute atomic E-state index is 0.0438. The molecule has 0 N–H and O–H groups in total. The minimum Gasteiger partial charge on any atom is -0.311 e. The molecule has 4 atom stereocenters. The van der Waals surface area contributed by atoms with E-state index < -0.39 is 10.8 Å². The SMILES string of the molecule is C=Cc1ccc(CSc2ccc(C3(c4ccc5ccccc5c4)c4ccccc4-c4ccc(N(c5ccccc5)c5ccc(-c6ccc(N(C7=CC8C(C=C7)c7ccccc7C8(c7ccc(SCc8ccc(C=C)cc8)cc7)c7ccc8ccccc8c7)c7ccccc7)cc6)cc5)cc43)cc2)cc1. The Morgan fingerprint density at radius 2 is 0.788 bits per heavy atom. The molecule has 18 rings (SSSR count). The standard InChI is InChI=1S/C100H74N2S2/c1-3-69-31-35-71(36-32-69)67-103-89-57-47-79(48-58-89)99(81-45-39-73-19-11-13-21-77(73)63-81)95-29-17-15-27-91(95)93-61-55-87(65-97(93)99)101(83-23-7-5-8-24-83)85-51-41-75(42-52-85)76-43-53-86(54-44-76)102(84-25-9-6-10-26-84)88-56-62-94-92-28-16-18-30-96(92)100(98(94)66-88,82-46-40-74-20-12-14-22-78(74)64-82)80-49-59-90(60-50-80)104-68-72-37-33-70(4-2)34-38-72/h3-66,93,97H,1-2,67-68H2. The van der Waals surface area contributed by atoms with Crippen molar-refractivity contribution in [2.24, 2.45) is 5.92 Å². The highest BCUT2D eigenvalue weighted by Crippen LogP contribution is 2.62. The van der Waals surface area contributed by atoms with Gasteiger partial charge in [-0.3, -0.25) is 0 Å². The van der Waals surface area contributed by atoms with Crippen molar-refractivity contribution >= 4 is 85.7 Å². The smallest absolute Gasteiger partial charge is 0.0714 e. The minimum atomic E-state index is -0.631. The van der Waals surface area contributed by atoms with Gasteiger partial charge in [-0.25, -0.2) is 0 Å². The number of anilines is 5. The van der Waals surface area contributed by atoms with Gasteiger partial charge in [0, 0.05) is 67.3 Å². The van der Waals surface area contributed by atoms with Crippen molar-refractivity contribution in [2.45, 2.75) is 38.0 Å². The Kier molecular flexibility index (Phi) is 16.9. The lowest BCUT2D eigenvalue weighted by Gasteiger charge is -2.40. The number of thioether (sulfide) groups is 2. The predicted octanol–water partition coefficient (Wildman–Crippen LogP) is 26.7. The highest BCUT2D eigenvalue weighted by molar-refractivity contribution is 7.98. The van der Waals surface area contributed by atoms with Crippen molar-refractivity contribution in [1.82, 2.24) is 0 Å². The first kappa shape index (κ1) is 64.2. The summed E-state index contributed by atoms with van der Waals surface area (Å²) < 4.78 is 0. The van der Waals surface area contributed by atoms with Crippen LogP contribution in [0.4, 0.5) is 28.4 Å². The van der Waals surface area contributed by atoms with Crippen LogP contribution >= 0.6 is 23.5 Å². The molecule has 496 valence electrons. The summed E-state index contributed by atoms with van der Waals surface area (Å²) in [6.07, 6.45) is 11.3. The second-order valence-electron chi connectivity index (χ2n) is 27.5. The van der Waals surface area contributed by atoms with Crippen molar-refractivity contribution in [2.75, 3.05) is 9.80 Å². The summed E-state index contributed by atoms with van der Waals surface area (Å²) in [5.41, 5.74) is 25.4. The van der Waals surface area contributed by atoms with E-state index in [-0.39, 0.29) is 11.8 Å². The fourth-order valence-corrected chi connectivity index (χ4v) is 18.6. The summed E-state index contributed by atoms with van der Waals surface area (Å²) in [7, 11) is 0. The molecule has 0 fully saturated rings. The maximum Gasteiger partial charge on any atom is 0.0714 e. The number of allylic oxidation sites excluding steroid dienone is 3. The number of hydrogen-bond donors (Lipinski definition) is 0. The van der Waals surface area contributed by atoms with Gasteiger partial charge in [0.2, 0.25) is 0 Å². The van der Waals surface area contributed by atoms with Crippen LogP contribution in [0.3, 0.4) is 0 Å². The molecule has 0 amide bonds. The monoisotopic (exact) mass is 1370 g/mol. The van der Waals surface area contributed by atoms with Gasteiger partial charge >= 0.3 is 0 Å². The Morgan fingerprint density at radius 3 is 1.38 bits per heavy atom. The first-order chi connectivity index (χ1) is 51.4. The van der Waals surface area contributed by atoms with Gasteiger partial charge in [-0.1, -0.05) is 298 Å². The van der Waals surface area contributed by atoms with Crippen LogP contribution in [0.25, 0.3) is 56.0 Å². The van der Waals surface area contributed by atoms with Gasteiger partial charge in [0.05, 0.1) is 10.8 Å². The zero-order chi connectivity index (χ0) is 69.6. The molecule has 0 aromatic heterocycles. The molecular formula is C100H74N2S2. The molecule has 0 bridgehead atoms. The summed E-state index contributed by atoms with van der Waals surface area (Å²) in [6.45, 7) is 7.93. The summed E-state index contributed by atoms with van der Waals surface area (Å²) in [5, 5.41) is 4.93. The number of hydrogen-bond acceptors (Lipinski definition) is 4. The third-order valence-electron chi connectivity index (χ3n) is 21.8. The third-order valence-corrected chi connectivity index (χ3v) is 24.0. The van der Waals surface area contributed by atoms with Crippen molar-refractivity contribution in [3.63, 3.8) is 0 Å². The van der Waals surface area contributed by atoms with Gasteiger partial charge in [0.15, 0.2) is 0 Å². The summed E-state index contributed by atoms with van der Waals surface area (Å²) >= 11 is 3.76. The van der Waals surface area contributed by atoms with Crippen LogP contribution in [0, 0.1) is 5.92 Å². The molecule has 15 aromatic rings. The number of nitrogens with zero attached hydrogens (tertiary/aromatic N) is 2. The number of para-hydroxylation sites is 2. The molecule has 4 heteroatoms. The molecule has 104 heavy (non-hydrogen) atoms. The Labute approximate surface area is 619 Å². The van der Waals surface area contributed by atoms with Crippen LogP contribution in [0.1, 0.15) is 72.7 Å². The average molecular weight is 1370 g/mol. The lowest BCUT2D eigenvalue weighted by Crippen LogP contribution is -2.36. The Morgan fingerprint density at radius 1 is 0.337 bits per heavy atom. The number of rotatable bonds is 19. The lowest BCUT2D eigenvalue weighted by atomic mass is 9.62. The summed E-state index contributed by atoms with van der Waals surface area (Å²) in [5.74, 6) is 1.96. The van der Waals surface area contributed by atoms with Gasteiger partial charge in [-0.2, -0.15) is 0 Å². The number of benzene rings is 15. The molecule has 4 unspecified atom stereocenters. The van der Waals surface area contributed by atoms with Crippen molar-refractivity contribution < 1.29 is 0 Å². The first-order valence-electron chi connectivity index (χ1n) is 35.9. The molecule has 0 saturated heterocycles. The zero-order valence-electron chi connectivity index (χ0n) is 57.6. The molecule has 0 spiro atoms. The van der Waals surface area contributed by atoms with E-state index in [0.29, 0.717) is 0 Å². The third kappa shape index (κ3) is 11.4. The summed E-state index contributed by atoms with van der Waals surface area (Å²) in [4.78, 5) is 7.36. The Hall–Kier alpha value is -11.9. The van der Waals surface area contributed by atoms with E-state index in [1.54, 1.807) is 0 Å². The molecule has 3 aliphatic carbocycles. The van der Waals surface area contributed by atoms with Crippen molar-refractivity contribution in [1.29, 1.82) is 0 Å². The van der Waals surface area contributed by atoms with Gasteiger partial charge in [-0.05, 0) is 214 Å². The van der Waals surface area contributed by atoms with Crippen LogP contribution in [-0.2, 0) is 22.3 Å². The lowest BCUT2D eigenvalue weighted by molar-refractivity contribution is 0.454. The summed E-state index contributed by atoms with van der Waals surface area (Å²) in [6, 6.07) is 134. The zero-order valence-corrected chi connectivity index (χ0v) is 59.3. The van der Waals surface area contributed by atoms with E-state index in [4.69, 9.17) is 0 Å². The van der Waals surface area contributed by atoms with Crippen LogP contribution in [0.15, 0.2) is 405 Å². The predicted molar refractivity (Wildman–Crippen MR) is 442 cm³/mol. The molecular weight excluding hydrogens is 1290 g/mol. The fraction of sp³-hybridized carbons (Fsp3) is 0.0600. The quantitative estimate of drug-likeness (QED) is 0.0744. The maximum atomic E-state index is 3.96. The molecule has 15 aromatic carbocycles. The largest absolute Gasteiger partial charge is 0.311 e. The molecule has 0 radical (unpaired) electrons. The van der Waals surface area contributed by atoms with E-state index in [2.05, 4.69) is 399 Å². The van der Waals surface area contributed by atoms with E-state index >= 15 is 0 Å². The molecule has 0 heterocycles. The van der Waals surface area contributed by atoms with Crippen molar-refractivity contribution in [3.8, 4) is 22.3 Å². The van der Waals surface area contributed by atoms with Gasteiger partial charge in [0.1, 0.15) is 0 Å². The number of fused-ring (bicyclic) bond motifs is 8. The van der Waals surface area contributed by atoms with Crippen molar-refractivity contribution in [3.05, 3.63) is 462 Å². The van der Waals surface area contributed by atoms with Gasteiger partial charge in [0.25, 0.3) is 0 Å².